The van der Waals surface area contributed by atoms with Crippen molar-refractivity contribution < 1.29 is 19.0 Å². The Morgan fingerprint density at radius 1 is 1.30 bits per heavy atom. The van der Waals surface area contributed by atoms with Crippen molar-refractivity contribution in [1.82, 2.24) is 4.98 Å². The van der Waals surface area contributed by atoms with Crippen LogP contribution in [0.3, 0.4) is 0 Å². The van der Waals surface area contributed by atoms with E-state index in [9.17, 15) is 4.79 Å². The summed E-state index contributed by atoms with van der Waals surface area (Å²) >= 11 is 12.1. The third-order valence-electron chi connectivity index (χ3n) is 3.97. The summed E-state index contributed by atoms with van der Waals surface area (Å²) < 4.78 is 16.6. The Kier molecular flexibility index (Phi) is 6.42. The molecule has 3 rings (SSSR count). The summed E-state index contributed by atoms with van der Waals surface area (Å²) in [5.74, 6) is 0.599. The number of methoxy groups -OCH3 is 1. The summed E-state index contributed by atoms with van der Waals surface area (Å²) in [6.45, 7) is 0.355. The topological polar surface area (TPSA) is 69.7 Å². The Bertz CT molecular complexity index is 837. The molecule has 142 valence electrons. The predicted molar refractivity (Wildman–Crippen MR) is 104 cm³/mol. The van der Waals surface area contributed by atoms with Gasteiger partial charge < -0.3 is 19.5 Å². The first-order valence-electron chi connectivity index (χ1n) is 8.30. The number of amides is 1. The number of ether oxygens (including phenoxy) is 3. The van der Waals surface area contributed by atoms with Crippen molar-refractivity contribution in [2.24, 2.45) is 0 Å². The number of allylic oxidation sites excluding steroid dienone is 1. The third kappa shape index (κ3) is 4.84. The molecule has 0 fully saturated rings. The Labute approximate surface area is 167 Å². The van der Waals surface area contributed by atoms with Crippen LogP contribution in [0.25, 0.3) is 0 Å². The zero-order chi connectivity index (χ0) is 19.2. The lowest BCUT2D eigenvalue weighted by molar-refractivity contribution is 0.0720. The van der Waals surface area contributed by atoms with E-state index in [0.29, 0.717) is 29.4 Å². The van der Waals surface area contributed by atoms with Crippen LogP contribution < -0.4 is 14.8 Å². The lowest BCUT2D eigenvalue weighted by atomic mass is 10.1. The van der Waals surface area contributed by atoms with E-state index in [1.165, 1.54) is 19.5 Å². The number of carbonyl (C=O) groups excluding carboxylic acids is 1. The molecule has 0 aliphatic carbocycles. The van der Waals surface area contributed by atoms with Gasteiger partial charge in [0, 0.05) is 18.0 Å². The lowest BCUT2D eigenvalue weighted by Crippen LogP contribution is -2.21. The number of hydrogen-bond donors (Lipinski definition) is 1. The van der Waals surface area contributed by atoms with Gasteiger partial charge in [-0.3, -0.25) is 9.78 Å². The molecule has 6 nitrogen and oxygen atoms in total. The van der Waals surface area contributed by atoms with Crippen LogP contribution in [0.5, 0.6) is 11.5 Å². The molecule has 1 aromatic carbocycles. The lowest BCUT2D eigenvalue weighted by Gasteiger charge is -2.20. The summed E-state index contributed by atoms with van der Waals surface area (Å²) in [6, 6.07) is 4.90. The van der Waals surface area contributed by atoms with Gasteiger partial charge in [-0.15, -0.1) is 0 Å². The summed E-state index contributed by atoms with van der Waals surface area (Å²) in [5, 5.41) is 3.20. The molecule has 1 aliphatic heterocycles. The Hall–Kier alpha value is -2.44. The Morgan fingerprint density at radius 3 is 2.74 bits per heavy atom. The first kappa shape index (κ1) is 19.3. The third-order valence-corrected chi connectivity index (χ3v) is 4.54. The van der Waals surface area contributed by atoms with Crippen LogP contribution in [0.4, 0.5) is 5.69 Å². The van der Waals surface area contributed by atoms with E-state index < -0.39 is 0 Å². The van der Waals surface area contributed by atoms with Crippen molar-refractivity contribution >= 4 is 34.8 Å². The van der Waals surface area contributed by atoms with Gasteiger partial charge >= 0.3 is 0 Å². The number of halogens is 2. The molecule has 0 spiro atoms. The number of carbonyl (C=O) groups is 1. The molecule has 0 saturated heterocycles. The molecule has 1 aromatic heterocycles. The monoisotopic (exact) mass is 408 g/mol. The number of hydrogen-bond acceptors (Lipinski definition) is 5. The van der Waals surface area contributed by atoms with Crippen LogP contribution in [0.15, 0.2) is 42.9 Å². The SMILES string of the molecule is COc1ccc(C(=O)Nc2c(Cl)cncc2Cl)cc1OCC1CCC=CO1. The van der Waals surface area contributed by atoms with E-state index in [1.807, 2.05) is 6.08 Å². The Morgan fingerprint density at radius 2 is 2.07 bits per heavy atom. The molecule has 1 unspecified atom stereocenters. The van der Waals surface area contributed by atoms with Crippen LogP contribution in [-0.4, -0.2) is 30.7 Å². The summed E-state index contributed by atoms with van der Waals surface area (Å²) in [5.41, 5.74) is 0.679. The fourth-order valence-electron chi connectivity index (χ4n) is 2.54. The van der Waals surface area contributed by atoms with Crippen LogP contribution in [0.2, 0.25) is 10.0 Å². The molecule has 1 N–H and O–H groups in total. The van der Waals surface area contributed by atoms with Crippen LogP contribution in [0, 0.1) is 0 Å². The molecule has 1 atom stereocenters. The standard InChI is InChI=1S/C19H18Cl2N2O4/c1-25-16-6-5-12(8-17(16)27-11-13-4-2-3-7-26-13)19(24)23-18-14(20)9-22-10-15(18)21/h3,5-10,13H,2,4,11H2,1H3,(H,22,23,24). The second kappa shape index (κ2) is 8.97. The van der Waals surface area contributed by atoms with Gasteiger partial charge in [0.25, 0.3) is 5.91 Å². The minimum atomic E-state index is -0.380. The molecular weight excluding hydrogens is 391 g/mol. The number of pyridine rings is 1. The first-order valence-corrected chi connectivity index (χ1v) is 9.05. The molecule has 0 bridgehead atoms. The summed E-state index contributed by atoms with van der Waals surface area (Å²) in [6.07, 6.45) is 8.25. The van der Waals surface area contributed by atoms with E-state index in [0.717, 1.165) is 12.8 Å². The zero-order valence-electron chi connectivity index (χ0n) is 14.6. The second-order valence-electron chi connectivity index (χ2n) is 5.82. The summed E-state index contributed by atoms with van der Waals surface area (Å²) in [4.78, 5) is 16.5. The fourth-order valence-corrected chi connectivity index (χ4v) is 3.00. The maximum absolute atomic E-state index is 12.6. The highest BCUT2D eigenvalue weighted by Crippen LogP contribution is 2.31. The number of rotatable bonds is 6. The van der Waals surface area contributed by atoms with Gasteiger partial charge in [-0.25, -0.2) is 0 Å². The molecule has 0 radical (unpaired) electrons. The minimum absolute atomic E-state index is 0.0355. The maximum atomic E-state index is 12.6. The van der Waals surface area contributed by atoms with Gasteiger partial charge in [-0.1, -0.05) is 23.2 Å². The molecule has 2 aromatic rings. The average Bonchev–Trinajstić information content (AvgIpc) is 2.69. The van der Waals surface area contributed by atoms with Gasteiger partial charge in [-0.2, -0.15) is 0 Å². The van der Waals surface area contributed by atoms with Crippen LogP contribution in [-0.2, 0) is 4.74 Å². The molecule has 8 heteroatoms. The molecule has 2 heterocycles. The predicted octanol–water partition coefficient (Wildman–Crippen LogP) is 4.72. The number of aromatic nitrogens is 1. The van der Waals surface area contributed by atoms with Crippen molar-refractivity contribution in [2.45, 2.75) is 18.9 Å². The van der Waals surface area contributed by atoms with Gasteiger partial charge in [0.05, 0.1) is 29.1 Å². The first-order chi connectivity index (χ1) is 13.1. The van der Waals surface area contributed by atoms with E-state index in [1.54, 1.807) is 24.5 Å². The van der Waals surface area contributed by atoms with Gasteiger partial charge in [0.1, 0.15) is 12.7 Å². The zero-order valence-corrected chi connectivity index (χ0v) is 16.1. The van der Waals surface area contributed by atoms with Crippen molar-refractivity contribution in [3.63, 3.8) is 0 Å². The van der Waals surface area contributed by atoms with Gasteiger partial charge in [0.2, 0.25) is 0 Å². The van der Waals surface area contributed by atoms with E-state index in [2.05, 4.69) is 10.3 Å². The van der Waals surface area contributed by atoms with E-state index >= 15 is 0 Å². The largest absolute Gasteiger partial charge is 0.495 e. The highest BCUT2D eigenvalue weighted by atomic mass is 35.5. The van der Waals surface area contributed by atoms with Crippen molar-refractivity contribution in [3.8, 4) is 11.5 Å². The highest BCUT2D eigenvalue weighted by Gasteiger charge is 2.17. The quantitative estimate of drug-likeness (QED) is 0.748. The van der Waals surface area contributed by atoms with Crippen LogP contribution >= 0.6 is 23.2 Å². The van der Waals surface area contributed by atoms with Crippen molar-refractivity contribution in [1.29, 1.82) is 0 Å². The molecular formula is C19H18Cl2N2O4. The van der Waals surface area contributed by atoms with E-state index in [4.69, 9.17) is 37.4 Å². The average molecular weight is 409 g/mol. The maximum Gasteiger partial charge on any atom is 0.255 e. The van der Waals surface area contributed by atoms with Gasteiger partial charge in [-0.05, 0) is 37.1 Å². The molecule has 0 saturated carbocycles. The van der Waals surface area contributed by atoms with Gasteiger partial charge in [0.15, 0.2) is 11.5 Å². The highest BCUT2D eigenvalue weighted by molar-refractivity contribution is 6.39. The number of nitrogens with zero attached hydrogens (tertiary/aromatic N) is 1. The van der Waals surface area contributed by atoms with Crippen molar-refractivity contribution in [3.05, 3.63) is 58.5 Å². The smallest absolute Gasteiger partial charge is 0.255 e. The second-order valence-corrected chi connectivity index (χ2v) is 6.63. The molecule has 1 amide bonds. The normalized spacial score (nSPS) is 15.7. The molecule has 27 heavy (non-hydrogen) atoms. The minimum Gasteiger partial charge on any atom is -0.495 e. The number of benzene rings is 1. The molecule has 1 aliphatic rings. The van der Waals surface area contributed by atoms with E-state index in [-0.39, 0.29) is 22.1 Å². The summed E-state index contributed by atoms with van der Waals surface area (Å²) in [7, 11) is 1.54. The Balaban J connectivity index is 1.75. The number of nitrogens with one attached hydrogen (secondary N) is 1. The fraction of sp³-hybridized carbons (Fsp3) is 0.263. The van der Waals surface area contributed by atoms with Crippen molar-refractivity contribution in [2.75, 3.05) is 19.0 Å². The van der Waals surface area contributed by atoms with Crippen LogP contribution in [0.1, 0.15) is 23.2 Å². The number of anilines is 1.